The van der Waals surface area contributed by atoms with Crippen LogP contribution < -0.4 is 14.9 Å². The van der Waals surface area contributed by atoms with E-state index in [0.717, 1.165) is 0 Å². The first-order valence-electron chi connectivity index (χ1n) is 13.1. The topological polar surface area (TPSA) is 107 Å². The molecule has 11 heteroatoms. The van der Waals surface area contributed by atoms with Gasteiger partial charge in [-0.25, -0.2) is 5.43 Å². The molecule has 0 bridgehead atoms. The number of nitrogens with zero attached hydrogens (tertiary/aromatic N) is 2. The predicted octanol–water partition coefficient (Wildman–Crippen LogP) is 5.95. The number of ether oxygens (including phenoxy) is 3. The number of hydrazone groups is 1. The van der Waals surface area contributed by atoms with Crippen molar-refractivity contribution in [2.45, 2.75) is 19.8 Å². The van der Waals surface area contributed by atoms with E-state index in [0.29, 0.717) is 69.9 Å². The summed E-state index contributed by atoms with van der Waals surface area (Å²) in [4.78, 5) is 38.9. The monoisotopic (exact) mass is 685 g/mol. The number of hydrogen-bond donors (Lipinski definition) is 1. The molecule has 0 aliphatic carbocycles. The summed E-state index contributed by atoms with van der Waals surface area (Å²) in [6.07, 6.45) is 2.66. The van der Waals surface area contributed by atoms with Gasteiger partial charge in [-0.3, -0.25) is 14.4 Å². The summed E-state index contributed by atoms with van der Waals surface area (Å²) in [5.41, 5.74) is 3.60. The van der Waals surface area contributed by atoms with Crippen LogP contribution in [-0.2, 0) is 14.3 Å². The number of nitrogens with one attached hydrogen (secondary N) is 1. The van der Waals surface area contributed by atoms with Gasteiger partial charge in [0.2, 0.25) is 0 Å². The number of likely N-dealkylation sites (tertiary alicyclic amines) is 1. The highest BCUT2D eigenvalue weighted by Gasteiger charge is 2.28. The third kappa shape index (κ3) is 8.64. The Labute approximate surface area is 255 Å². The molecule has 0 radical (unpaired) electrons. The van der Waals surface area contributed by atoms with Gasteiger partial charge in [-0.2, -0.15) is 5.10 Å². The highest BCUT2D eigenvalue weighted by atomic mass is 79.9. The zero-order valence-electron chi connectivity index (χ0n) is 22.3. The summed E-state index contributed by atoms with van der Waals surface area (Å²) < 4.78 is 17.9. The van der Waals surface area contributed by atoms with E-state index in [9.17, 15) is 14.4 Å². The zero-order valence-corrected chi connectivity index (χ0v) is 25.5. The second-order valence-corrected chi connectivity index (χ2v) is 10.9. The molecular weight excluding hydrogens is 658 g/mol. The molecule has 41 heavy (non-hydrogen) atoms. The molecule has 0 saturated carbocycles. The highest BCUT2D eigenvalue weighted by Crippen LogP contribution is 2.34. The standard InChI is InChI=1S/C30H29Br2N3O6/c1-2-39-30(38)21-11-13-35(14-12-21)27(36)19-40-28-25(31)15-20(16-26(28)32)18-33-34-29(37)22-7-6-10-24(17-22)41-23-8-4-3-5-9-23/h3-10,15-18,21H,2,11-14,19H2,1H3,(H,34,37)/b33-18+. The molecular formula is C30H29Br2N3O6. The normalized spacial score (nSPS) is 13.6. The smallest absolute Gasteiger partial charge is 0.309 e. The minimum absolute atomic E-state index is 0.141. The summed E-state index contributed by atoms with van der Waals surface area (Å²) >= 11 is 6.96. The number of carbonyl (C=O) groups excluding carboxylic acids is 3. The van der Waals surface area contributed by atoms with Gasteiger partial charge >= 0.3 is 5.97 Å². The Morgan fingerprint density at radius 2 is 1.66 bits per heavy atom. The van der Waals surface area contributed by atoms with Crippen molar-refractivity contribution in [3.05, 3.63) is 86.8 Å². The van der Waals surface area contributed by atoms with E-state index in [1.54, 1.807) is 48.2 Å². The largest absolute Gasteiger partial charge is 0.481 e. The molecule has 9 nitrogen and oxygen atoms in total. The molecule has 214 valence electrons. The quantitative estimate of drug-likeness (QED) is 0.161. The number of amides is 2. The van der Waals surface area contributed by atoms with E-state index in [1.807, 2.05) is 30.3 Å². The van der Waals surface area contributed by atoms with Crippen molar-refractivity contribution in [1.29, 1.82) is 0 Å². The van der Waals surface area contributed by atoms with Crippen molar-refractivity contribution >= 4 is 55.9 Å². The average Bonchev–Trinajstić information content (AvgIpc) is 2.97. The predicted molar refractivity (Wildman–Crippen MR) is 161 cm³/mol. The average molecular weight is 687 g/mol. The van der Waals surface area contributed by atoms with E-state index in [1.165, 1.54) is 6.21 Å². The molecule has 0 atom stereocenters. The van der Waals surface area contributed by atoms with Gasteiger partial charge in [0.05, 0.1) is 27.7 Å². The van der Waals surface area contributed by atoms with Crippen LogP contribution in [0.5, 0.6) is 17.2 Å². The molecule has 0 spiro atoms. The van der Waals surface area contributed by atoms with Gasteiger partial charge in [0.1, 0.15) is 17.2 Å². The lowest BCUT2D eigenvalue weighted by Crippen LogP contribution is -2.42. The first-order chi connectivity index (χ1) is 19.8. The summed E-state index contributed by atoms with van der Waals surface area (Å²) in [5.74, 6) is 0.773. The molecule has 1 aliphatic rings. The molecule has 3 aromatic carbocycles. The fourth-order valence-electron chi connectivity index (χ4n) is 4.20. The number of carbonyl (C=O) groups is 3. The van der Waals surface area contributed by atoms with E-state index >= 15 is 0 Å². The van der Waals surface area contributed by atoms with Crippen molar-refractivity contribution in [2.24, 2.45) is 11.0 Å². The number of benzene rings is 3. The van der Waals surface area contributed by atoms with Crippen LogP contribution in [0, 0.1) is 5.92 Å². The second-order valence-electron chi connectivity index (χ2n) is 9.15. The van der Waals surface area contributed by atoms with Crippen LogP contribution in [0.4, 0.5) is 0 Å². The molecule has 1 saturated heterocycles. The molecule has 1 N–H and O–H groups in total. The minimum Gasteiger partial charge on any atom is -0.481 e. The molecule has 1 aliphatic heterocycles. The van der Waals surface area contributed by atoms with Gasteiger partial charge in [0.25, 0.3) is 11.8 Å². The Morgan fingerprint density at radius 1 is 0.976 bits per heavy atom. The molecule has 1 heterocycles. The number of para-hydroxylation sites is 1. The third-order valence-corrected chi connectivity index (χ3v) is 7.46. The molecule has 4 rings (SSSR count). The van der Waals surface area contributed by atoms with Gasteiger partial charge in [-0.05, 0) is 99.7 Å². The van der Waals surface area contributed by atoms with Gasteiger partial charge in [0.15, 0.2) is 6.61 Å². The summed E-state index contributed by atoms with van der Waals surface area (Å²) in [5, 5.41) is 4.07. The number of rotatable bonds is 10. The lowest BCUT2D eigenvalue weighted by Gasteiger charge is -2.30. The Hall–Kier alpha value is -3.70. The van der Waals surface area contributed by atoms with Gasteiger partial charge in [0, 0.05) is 18.7 Å². The number of halogens is 2. The van der Waals surface area contributed by atoms with Gasteiger partial charge < -0.3 is 19.1 Å². The van der Waals surface area contributed by atoms with E-state index in [2.05, 4.69) is 42.4 Å². The summed E-state index contributed by atoms with van der Waals surface area (Å²) in [7, 11) is 0. The van der Waals surface area contributed by atoms with Crippen LogP contribution in [-0.4, -0.2) is 55.2 Å². The van der Waals surface area contributed by atoms with Crippen molar-refractivity contribution in [3.8, 4) is 17.2 Å². The first kappa shape index (κ1) is 30.3. The van der Waals surface area contributed by atoms with Crippen molar-refractivity contribution < 1.29 is 28.6 Å². The zero-order chi connectivity index (χ0) is 29.2. The van der Waals surface area contributed by atoms with E-state index < -0.39 is 0 Å². The summed E-state index contributed by atoms with van der Waals surface area (Å²) in [6.45, 7) is 2.97. The van der Waals surface area contributed by atoms with E-state index in [-0.39, 0.29) is 30.3 Å². The summed E-state index contributed by atoms with van der Waals surface area (Å²) in [6, 6.07) is 19.7. The van der Waals surface area contributed by atoms with Crippen LogP contribution in [0.3, 0.4) is 0 Å². The van der Waals surface area contributed by atoms with Crippen molar-refractivity contribution in [1.82, 2.24) is 10.3 Å². The maximum absolute atomic E-state index is 12.7. The molecule has 0 aromatic heterocycles. The molecule has 3 aromatic rings. The SMILES string of the molecule is CCOC(=O)C1CCN(C(=O)COc2c(Br)cc(/C=N/NC(=O)c3cccc(Oc4ccccc4)c3)cc2Br)CC1. The van der Waals surface area contributed by atoms with Crippen LogP contribution in [0.1, 0.15) is 35.7 Å². The number of hydrogen-bond acceptors (Lipinski definition) is 7. The number of piperidine rings is 1. The molecule has 1 fully saturated rings. The minimum atomic E-state index is -0.386. The van der Waals surface area contributed by atoms with Crippen molar-refractivity contribution in [3.63, 3.8) is 0 Å². The lowest BCUT2D eigenvalue weighted by atomic mass is 9.97. The van der Waals surface area contributed by atoms with Crippen LogP contribution >= 0.6 is 31.9 Å². The maximum Gasteiger partial charge on any atom is 0.309 e. The fraction of sp³-hybridized carbons (Fsp3) is 0.267. The second kappa shape index (κ2) is 14.8. The van der Waals surface area contributed by atoms with Crippen molar-refractivity contribution in [2.75, 3.05) is 26.3 Å². The molecule has 0 unspecified atom stereocenters. The first-order valence-corrected chi connectivity index (χ1v) is 14.6. The number of esters is 1. The van der Waals surface area contributed by atoms with Crippen LogP contribution in [0.25, 0.3) is 0 Å². The lowest BCUT2D eigenvalue weighted by molar-refractivity contribution is -0.151. The Bertz CT molecular complexity index is 1390. The molecule has 2 amide bonds. The van der Waals surface area contributed by atoms with Crippen LogP contribution in [0.2, 0.25) is 0 Å². The maximum atomic E-state index is 12.7. The Kier molecular flexibility index (Phi) is 10.9. The Morgan fingerprint density at radius 3 is 2.34 bits per heavy atom. The highest BCUT2D eigenvalue weighted by molar-refractivity contribution is 9.11. The third-order valence-electron chi connectivity index (χ3n) is 6.28. The fourth-order valence-corrected chi connectivity index (χ4v) is 5.65. The van der Waals surface area contributed by atoms with Gasteiger partial charge in [-0.1, -0.05) is 24.3 Å². The van der Waals surface area contributed by atoms with E-state index in [4.69, 9.17) is 14.2 Å². The Balaban J connectivity index is 1.28. The van der Waals surface area contributed by atoms with Crippen LogP contribution in [0.15, 0.2) is 80.8 Å². The van der Waals surface area contributed by atoms with Gasteiger partial charge in [-0.15, -0.1) is 0 Å².